The largest absolute Gasteiger partial charge is 0.350 e. The van der Waals surface area contributed by atoms with E-state index in [2.05, 4.69) is 15.4 Å². The maximum atomic E-state index is 12.6. The summed E-state index contributed by atoms with van der Waals surface area (Å²) in [6, 6.07) is 11.9. The zero-order valence-corrected chi connectivity index (χ0v) is 17.0. The normalized spacial score (nSPS) is 12.4. The smallest absolute Gasteiger partial charge is 0.262 e. The summed E-state index contributed by atoms with van der Waals surface area (Å²) >= 11 is 0. The van der Waals surface area contributed by atoms with E-state index in [9.17, 15) is 13.2 Å². The molecule has 0 radical (unpaired) electrons. The van der Waals surface area contributed by atoms with E-state index >= 15 is 0 Å². The summed E-state index contributed by atoms with van der Waals surface area (Å²) in [5.74, 6) is -0.191. The summed E-state index contributed by atoms with van der Waals surface area (Å²) < 4.78 is 27.8. The summed E-state index contributed by atoms with van der Waals surface area (Å²) in [5, 5.41) is 6.07. The van der Waals surface area contributed by atoms with E-state index in [1.165, 1.54) is 0 Å². The molecule has 2 rings (SSSR count). The zero-order valence-electron chi connectivity index (χ0n) is 16.2. The van der Waals surface area contributed by atoms with Gasteiger partial charge in [-0.25, -0.2) is 8.42 Å². The van der Waals surface area contributed by atoms with Gasteiger partial charge in [0, 0.05) is 23.8 Å². The van der Waals surface area contributed by atoms with Crippen LogP contribution in [0.3, 0.4) is 0 Å². The fraction of sp³-hybridized carbons (Fsp3) is 0.350. The van der Waals surface area contributed by atoms with E-state index in [1.54, 1.807) is 43.3 Å². The second kappa shape index (κ2) is 9.01. The van der Waals surface area contributed by atoms with Crippen molar-refractivity contribution in [3.05, 3.63) is 59.2 Å². The minimum atomic E-state index is -3.69. The Balaban J connectivity index is 2.07. The van der Waals surface area contributed by atoms with Crippen molar-refractivity contribution in [3.63, 3.8) is 0 Å². The number of hydrogen-bond donors (Lipinski definition) is 3. The van der Waals surface area contributed by atoms with Crippen LogP contribution in [0.4, 0.5) is 5.69 Å². The molecule has 0 aliphatic rings. The SMILES string of the molecule is CCN[C@H](C)CNC(=O)c1ccc(NS(=O)(=O)c2cc(C)ccc2C)cc1. The number of likely N-dealkylation sites (N-methyl/N-ethyl adjacent to an activating group) is 1. The lowest BCUT2D eigenvalue weighted by molar-refractivity contribution is 0.0950. The first-order valence-electron chi connectivity index (χ1n) is 8.94. The molecule has 2 aromatic carbocycles. The monoisotopic (exact) mass is 389 g/mol. The van der Waals surface area contributed by atoms with E-state index in [0.29, 0.717) is 23.4 Å². The van der Waals surface area contributed by atoms with Crippen LogP contribution in [0, 0.1) is 13.8 Å². The molecule has 2 aromatic rings. The number of rotatable bonds is 8. The molecule has 0 saturated heterocycles. The van der Waals surface area contributed by atoms with Gasteiger partial charge in [0.1, 0.15) is 0 Å². The molecule has 0 unspecified atom stereocenters. The van der Waals surface area contributed by atoms with Crippen molar-refractivity contribution in [2.24, 2.45) is 0 Å². The average molecular weight is 390 g/mol. The van der Waals surface area contributed by atoms with E-state index in [-0.39, 0.29) is 16.8 Å². The molecular weight excluding hydrogens is 362 g/mol. The molecule has 0 saturated carbocycles. The third-order valence-electron chi connectivity index (χ3n) is 4.15. The topological polar surface area (TPSA) is 87.3 Å². The summed E-state index contributed by atoms with van der Waals surface area (Å²) in [7, 11) is -3.69. The molecule has 0 fully saturated rings. The maximum absolute atomic E-state index is 12.6. The predicted molar refractivity (Wildman–Crippen MR) is 109 cm³/mol. The second-order valence-electron chi connectivity index (χ2n) is 6.62. The van der Waals surface area contributed by atoms with Crippen molar-refractivity contribution in [2.45, 2.75) is 38.6 Å². The number of aryl methyl sites for hydroxylation is 2. The number of carbonyl (C=O) groups is 1. The number of amides is 1. The van der Waals surface area contributed by atoms with Crippen LogP contribution in [0.5, 0.6) is 0 Å². The van der Waals surface area contributed by atoms with Crippen LogP contribution in [-0.4, -0.2) is 33.5 Å². The van der Waals surface area contributed by atoms with E-state index in [0.717, 1.165) is 12.1 Å². The number of nitrogens with one attached hydrogen (secondary N) is 3. The highest BCUT2D eigenvalue weighted by Gasteiger charge is 2.17. The highest BCUT2D eigenvalue weighted by Crippen LogP contribution is 2.21. The number of benzene rings is 2. The van der Waals surface area contributed by atoms with Crippen LogP contribution in [0.1, 0.15) is 35.3 Å². The van der Waals surface area contributed by atoms with Gasteiger partial charge in [0.25, 0.3) is 15.9 Å². The number of carbonyl (C=O) groups excluding carboxylic acids is 1. The number of sulfonamides is 1. The van der Waals surface area contributed by atoms with Gasteiger partial charge in [-0.1, -0.05) is 19.1 Å². The molecule has 7 heteroatoms. The van der Waals surface area contributed by atoms with Crippen LogP contribution >= 0.6 is 0 Å². The van der Waals surface area contributed by atoms with Gasteiger partial charge in [-0.3, -0.25) is 9.52 Å². The van der Waals surface area contributed by atoms with Crippen molar-refractivity contribution in [1.29, 1.82) is 0 Å². The lowest BCUT2D eigenvalue weighted by atomic mass is 10.2. The average Bonchev–Trinajstić information content (AvgIpc) is 2.62. The van der Waals surface area contributed by atoms with Crippen molar-refractivity contribution in [3.8, 4) is 0 Å². The van der Waals surface area contributed by atoms with Crippen molar-refractivity contribution in [2.75, 3.05) is 17.8 Å². The Hall–Kier alpha value is -2.38. The van der Waals surface area contributed by atoms with Crippen molar-refractivity contribution >= 4 is 21.6 Å². The number of anilines is 1. The Bertz CT molecular complexity index is 893. The standard InChI is InChI=1S/C20H27N3O3S/c1-5-21-16(4)13-22-20(24)17-8-10-18(11-9-17)23-27(25,26)19-12-14(2)6-7-15(19)3/h6-12,16,21,23H,5,13H2,1-4H3,(H,22,24)/t16-/m1/s1. The molecule has 3 N–H and O–H groups in total. The lowest BCUT2D eigenvalue weighted by Gasteiger charge is -2.14. The van der Waals surface area contributed by atoms with Crippen LogP contribution in [0.2, 0.25) is 0 Å². The molecular formula is C20H27N3O3S. The molecule has 27 heavy (non-hydrogen) atoms. The quantitative estimate of drug-likeness (QED) is 0.648. The Kier molecular flexibility index (Phi) is 6.98. The van der Waals surface area contributed by atoms with Gasteiger partial charge in [-0.05, 0) is 68.8 Å². The van der Waals surface area contributed by atoms with Gasteiger partial charge in [0.05, 0.1) is 4.90 Å². The van der Waals surface area contributed by atoms with Gasteiger partial charge in [-0.15, -0.1) is 0 Å². The molecule has 146 valence electrons. The summed E-state index contributed by atoms with van der Waals surface area (Å²) in [6.07, 6.45) is 0. The zero-order chi connectivity index (χ0) is 20.0. The van der Waals surface area contributed by atoms with E-state index in [4.69, 9.17) is 0 Å². The highest BCUT2D eigenvalue weighted by atomic mass is 32.2. The Morgan fingerprint density at radius 1 is 1.07 bits per heavy atom. The van der Waals surface area contributed by atoms with Gasteiger partial charge in [-0.2, -0.15) is 0 Å². The molecule has 0 aromatic heterocycles. The molecule has 0 aliphatic carbocycles. The molecule has 1 amide bonds. The van der Waals surface area contributed by atoms with Gasteiger partial charge < -0.3 is 10.6 Å². The van der Waals surface area contributed by atoms with Crippen LogP contribution in [0.25, 0.3) is 0 Å². The first kappa shape index (κ1) is 20.9. The van der Waals surface area contributed by atoms with Crippen molar-refractivity contribution < 1.29 is 13.2 Å². The predicted octanol–water partition coefficient (Wildman–Crippen LogP) is 2.83. The van der Waals surface area contributed by atoms with Gasteiger partial charge >= 0.3 is 0 Å². The highest BCUT2D eigenvalue weighted by molar-refractivity contribution is 7.92. The van der Waals surface area contributed by atoms with Gasteiger partial charge in [0.15, 0.2) is 0 Å². The first-order valence-corrected chi connectivity index (χ1v) is 10.4. The van der Waals surface area contributed by atoms with Gasteiger partial charge in [0.2, 0.25) is 0 Å². The van der Waals surface area contributed by atoms with E-state index in [1.807, 2.05) is 26.8 Å². The fourth-order valence-corrected chi connectivity index (χ4v) is 4.05. The Morgan fingerprint density at radius 3 is 2.37 bits per heavy atom. The fourth-order valence-electron chi connectivity index (χ4n) is 2.67. The molecule has 0 aliphatic heterocycles. The summed E-state index contributed by atoms with van der Waals surface area (Å²) in [6.45, 7) is 8.98. The molecule has 6 nitrogen and oxygen atoms in total. The Labute approximate surface area is 161 Å². The molecule has 1 atom stereocenters. The van der Waals surface area contributed by atoms with Crippen LogP contribution < -0.4 is 15.4 Å². The van der Waals surface area contributed by atoms with E-state index < -0.39 is 10.0 Å². The Morgan fingerprint density at radius 2 is 1.74 bits per heavy atom. The first-order chi connectivity index (χ1) is 12.7. The van der Waals surface area contributed by atoms with Crippen LogP contribution in [-0.2, 0) is 10.0 Å². The molecule has 0 bridgehead atoms. The third-order valence-corrected chi connectivity index (χ3v) is 5.68. The second-order valence-corrected chi connectivity index (χ2v) is 8.27. The minimum Gasteiger partial charge on any atom is -0.350 e. The molecule has 0 spiro atoms. The van der Waals surface area contributed by atoms with Crippen molar-refractivity contribution in [1.82, 2.24) is 10.6 Å². The van der Waals surface area contributed by atoms with Crippen LogP contribution in [0.15, 0.2) is 47.4 Å². The molecule has 0 heterocycles. The third kappa shape index (κ3) is 5.80. The number of hydrogen-bond acceptors (Lipinski definition) is 4. The minimum absolute atomic E-state index is 0.183. The summed E-state index contributed by atoms with van der Waals surface area (Å²) in [5.41, 5.74) is 2.44. The lowest BCUT2D eigenvalue weighted by Crippen LogP contribution is -2.38. The summed E-state index contributed by atoms with van der Waals surface area (Å²) in [4.78, 5) is 12.4. The maximum Gasteiger partial charge on any atom is 0.262 e.